The summed E-state index contributed by atoms with van der Waals surface area (Å²) in [5.74, 6) is -3.71. The quantitative estimate of drug-likeness (QED) is 0.878. The number of imidazole rings is 1. The smallest absolute Gasteiger partial charge is 0.309 e. The second-order valence-corrected chi connectivity index (χ2v) is 4.66. The summed E-state index contributed by atoms with van der Waals surface area (Å²) in [6.45, 7) is 1.20. The highest BCUT2D eigenvalue weighted by molar-refractivity contribution is 5.58. The summed E-state index contributed by atoms with van der Waals surface area (Å²) in [6.07, 6.45) is 3.16. The van der Waals surface area contributed by atoms with Gasteiger partial charge >= 0.3 is 5.92 Å². The monoisotopic (exact) mass is 296 g/mol. The average molecular weight is 296 g/mol. The third kappa shape index (κ3) is 3.00. The number of hydrogen-bond acceptors (Lipinski definition) is 2. The number of aliphatic hydroxyl groups excluding tert-OH is 1. The van der Waals surface area contributed by atoms with Gasteiger partial charge in [0.2, 0.25) is 0 Å². The molecule has 0 fully saturated rings. The van der Waals surface area contributed by atoms with Crippen molar-refractivity contribution < 1.29 is 18.3 Å². The first-order valence-corrected chi connectivity index (χ1v) is 6.34. The highest BCUT2D eigenvalue weighted by Crippen LogP contribution is 2.31. The van der Waals surface area contributed by atoms with Gasteiger partial charge in [0.15, 0.2) is 0 Å². The molecule has 1 aromatic heterocycles. The van der Waals surface area contributed by atoms with E-state index in [1.165, 1.54) is 42.9 Å². The van der Waals surface area contributed by atoms with E-state index >= 15 is 0 Å². The van der Waals surface area contributed by atoms with Crippen LogP contribution in [0.3, 0.4) is 0 Å². The zero-order valence-corrected chi connectivity index (χ0v) is 11.6. The van der Waals surface area contributed by atoms with Gasteiger partial charge in [-0.15, -0.1) is 0 Å². The number of halogens is 3. The van der Waals surface area contributed by atoms with E-state index in [1.807, 2.05) is 0 Å². The second kappa shape index (κ2) is 5.73. The number of allylic oxidation sites excluding steroid dienone is 2. The van der Waals surface area contributed by atoms with Crippen molar-refractivity contribution in [3.63, 3.8) is 0 Å². The van der Waals surface area contributed by atoms with Crippen LogP contribution in [0.2, 0.25) is 0 Å². The van der Waals surface area contributed by atoms with Gasteiger partial charge in [-0.1, -0.05) is 12.1 Å². The van der Waals surface area contributed by atoms with E-state index in [9.17, 15) is 13.2 Å². The lowest BCUT2D eigenvalue weighted by molar-refractivity contribution is 0.0475. The second-order valence-electron chi connectivity index (χ2n) is 4.66. The molecule has 0 atom stereocenters. The van der Waals surface area contributed by atoms with E-state index in [0.717, 1.165) is 12.1 Å². The summed E-state index contributed by atoms with van der Waals surface area (Å²) in [7, 11) is 1.52. The topological polar surface area (TPSA) is 38.0 Å². The van der Waals surface area contributed by atoms with Crippen LogP contribution in [0.1, 0.15) is 18.2 Å². The fraction of sp³-hybridized carbons (Fsp3) is 0.267. The van der Waals surface area contributed by atoms with Crippen molar-refractivity contribution in [3.8, 4) is 11.4 Å². The van der Waals surface area contributed by atoms with Gasteiger partial charge in [0, 0.05) is 13.2 Å². The van der Waals surface area contributed by atoms with E-state index in [1.54, 1.807) is 0 Å². The Morgan fingerprint density at radius 3 is 2.67 bits per heavy atom. The Kier molecular flexibility index (Phi) is 4.18. The summed E-state index contributed by atoms with van der Waals surface area (Å²) in [5, 5.41) is 8.95. The van der Waals surface area contributed by atoms with Gasteiger partial charge < -0.3 is 9.67 Å². The van der Waals surface area contributed by atoms with E-state index in [2.05, 4.69) is 4.98 Å². The zero-order valence-electron chi connectivity index (χ0n) is 11.6. The Morgan fingerprint density at radius 2 is 2.10 bits per heavy atom. The molecule has 0 unspecified atom stereocenters. The molecule has 0 spiro atoms. The molecule has 2 aromatic rings. The fourth-order valence-corrected chi connectivity index (χ4v) is 2.01. The van der Waals surface area contributed by atoms with E-state index in [4.69, 9.17) is 5.11 Å². The van der Waals surface area contributed by atoms with Crippen LogP contribution in [0, 0.1) is 5.82 Å². The average Bonchev–Trinajstić information content (AvgIpc) is 2.81. The van der Waals surface area contributed by atoms with Gasteiger partial charge in [-0.25, -0.2) is 9.37 Å². The molecule has 112 valence electrons. The Morgan fingerprint density at radius 1 is 1.38 bits per heavy atom. The molecule has 0 amide bonds. The number of aryl methyl sites for hydroxylation is 1. The van der Waals surface area contributed by atoms with Crippen LogP contribution in [0.4, 0.5) is 13.2 Å². The maximum absolute atomic E-state index is 14.0. The molecule has 0 bridgehead atoms. The molecule has 0 aliphatic rings. The Labute approximate surface area is 120 Å². The lowest BCUT2D eigenvalue weighted by Gasteiger charge is -2.07. The Hall–Kier alpha value is -2.08. The van der Waals surface area contributed by atoms with Gasteiger partial charge in [-0.05, 0) is 30.7 Å². The number of hydrogen-bond donors (Lipinski definition) is 1. The van der Waals surface area contributed by atoms with Gasteiger partial charge in [0.25, 0.3) is 0 Å². The number of aromatic nitrogens is 2. The van der Waals surface area contributed by atoms with Crippen molar-refractivity contribution in [1.82, 2.24) is 9.55 Å². The highest BCUT2D eigenvalue weighted by atomic mass is 19.3. The molecule has 0 radical (unpaired) electrons. The summed E-state index contributed by atoms with van der Waals surface area (Å²) >= 11 is 0. The zero-order chi connectivity index (χ0) is 15.6. The van der Waals surface area contributed by atoms with Gasteiger partial charge in [0.05, 0.1) is 12.2 Å². The molecule has 1 heterocycles. The lowest BCUT2D eigenvalue weighted by Crippen LogP contribution is -2.09. The van der Waals surface area contributed by atoms with Gasteiger partial charge in [-0.3, -0.25) is 0 Å². The van der Waals surface area contributed by atoms with Crippen molar-refractivity contribution >= 4 is 0 Å². The van der Waals surface area contributed by atoms with E-state index in [0.29, 0.717) is 5.56 Å². The molecule has 6 heteroatoms. The molecule has 0 aliphatic heterocycles. The minimum atomic E-state index is -3.20. The highest BCUT2D eigenvalue weighted by Gasteiger charge is 2.32. The lowest BCUT2D eigenvalue weighted by atomic mass is 10.1. The van der Waals surface area contributed by atoms with E-state index in [-0.39, 0.29) is 18.0 Å². The largest absolute Gasteiger partial charge is 0.392 e. The predicted molar refractivity (Wildman–Crippen MR) is 73.2 cm³/mol. The van der Waals surface area contributed by atoms with Crippen LogP contribution in [0.25, 0.3) is 11.4 Å². The maximum Gasteiger partial charge on any atom is 0.309 e. The number of benzene rings is 1. The van der Waals surface area contributed by atoms with Crippen molar-refractivity contribution in [3.05, 3.63) is 53.6 Å². The van der Waals surface area contributed by atoms with Gasteiger partial charge in [0.1, 0.15) is 17.3 Å². The van der Waals surface area contributed by atoms with E-state index < -0.39 is 17.4 Å². The molecular weight excluding hydrogens is 281 g/mol. The number of aliphatic hydroxyl groups is 1. The van der Waals surface area contributed by atoms with Crippen LogP contribution in [0.15, 0.2) is 36.5 Å². The summed E-state index contributed by atoms with van der Waals surface area (Å²) in [6, 6.07) is 4.10. The Balaban J connectivity index is 2.49. The van der Waals surface area contributed by atoms with Gasteiger partial charge in [-0.2, -0.15) is 8.78 Å². The minimum absolute atomic E-state index is 0.108. The number of nitrogens with zero attached hydrogens (tertiary/aromatic N) is 2. The first-order valence-electron chi connectivity index (χ1n) is 6.34. The van der Waals surface area contributed by atoms with Crippen molar-refractivity contribution in [2.45, 2.75) is 19.5 Å². The summed E-state index contributed by atoms with van der Waals surface area (Å²) < 4.78 is 42.9. The third-order valence-corrected chi connectivity index (χ3v) is 3.05. The molecule has 1 N–H and O–H groups in total. The number of alkyl halides is 2. The standard InChI is InChI=1S/C15H15F3N2O/c1-3-6-15(17,18)13-8-20(2)14(19-13)11-5-4-10(9-21)7-12(11)16/h3-8,21H,9H2,1-2H3/b6-3+. The normalized spacial score (nSPS) is 12.3. The van der Waals surface area contributed by atoms with Crippen molar-refractivity contribution in [2.75, 3.05) is 0 Å². The molecule has 3 nitrogen and oxygen atoms in total. The molecule has 21 heavy (non-hydrogen) atoms. The third-order valence-electron chi connectivity index (χ3n) is 3.05. The minimum Gasteiger partial charge on any atom is -0.392 e. The molecule has 0 aliphatic carbocycles. The van der Waals surface area contributed by atoms with Crippen LogP contribution in [-0.4, -0.2) is 14.7 Å². The summed E-state index contributed by atoms with van der Waals surface area (Å²) in [4.78, 5) is 3.85. The predicted octanol–water partition coefficient (Wildman–Crippen LogP) is 3.39. The van der Waals surface area contributed by atoms with Crippen LogP contribution in [-0.2, 0) is 19.6 Å². The molecule has 2 rings (SSSR count). The maximum atomic E-state index is 14.0. The molecule has 0 saturated heterocycles. The first kappa shape index (κ1) is 15.3. The SMILES string of the molecule is C/C=C/C(F)(F)c1cn(C)c(-c2ccc(CO)cc2F)n1. The van der Waals surface area contributed by atoms with Crippen molar-refractivity contribution in [2.24, 2.45) is 7.05 Å². The fourth-order valence-electron chi connectivity index (χ4n) is 2.01. The summed E-state index contributed by atoms with van der Waals surface area (Å²) in [5.41, 5.74) is 0.0749. The molecular formula is C15H15F3N2O. The molecule has 0 saturated carbocycles. The van der Waals surface area contributed by atoms with Crippen LogP contribution >= 0.6 is 0 Å². The van der Waals surface area contributed by atoms with Crippen molar-refractivity contribution in [1.29, 1.82) is 0 Å². The first-order chi connectivity index (χ1) is 9.89. The van der Waals surface area contributed by atoms with Crippen LogP contribution in [0.5, 0.6) is 0 Å². The Bertz CT molecular complexity index is 678. The molecule has 1 aromatic carbocycles. The number of rotatable bonds is 4. The van der Waals surface area contributed by atoms with Crippen LogP contribution < -0.4 is 0 Å².